The average molecular weight is 589 g/mol. The Morgan fingerprint density at radius 1 is 0.541 bits per heavy atom. The number of alkyl halides is 6. The van der Waals surface area contributed by atoms with Gasteiger partial charge in [0.2, 0.25) is 0 Å². The minimum absolute atomic E-state index is 0.400. The fourth-order valence-electron chi connectivity index (χ4n) is 3.61. The normalized spacial score (nSPS) is 13.7. The van der Waals surface area contributed by atoms with Crippen molar-refractivity contribution in [3.63, 3.8) is 0 Å². The van der Waals surface area contributed by atoms with Crippen molar-refractivity contribution in [3.8, 4) is 0 Å². The third-order valence-electron chi connectivity index (χ3n) is 5.58. The molecule has 37 heavy (non-hydrogen) atoms. The Morgan fingerprint density at radius 3 is 1.08 bits per heavy atom. The van der Waals surface area contributed by atoms with Gasteiger partial charge in [-0.25, -0.2) is 0 Å². The molecule has 2 aromatic carbocycles. The second-order valence-corrected chi connectivity index (χ2v) is 17.4. The molecule has 0 aliphatic carbocycles. The van der Waals surface area contributed by atoms with Crippen LogP contribution in [0, 0.1) is 0 Å². The Bertz CT molecular complexity index is 864. The van der Waals surface area contributed by atoms with Gasteiger partial charge in [0.1, 0.15) is 0 Å². The highest BCUT2D eigenvalue weighted by atomic mass is 28.5. The van der Waals surface area contributed by atoms with Crippen molar-refractivity contribution < 1.29 is 52.3 Å². The quantitative estimate of drug-likeness (QED) is 0.237. The van der Waals surface area contributed by atoms with Gasteiger partial charge >= 0.3 is 38.5 Å². The molecular formula is C22H30F6O6Si3. The minimum atomic E-state index is -4.53. The first kappa shape index (κ1) is 31.6. The Morgan fingerprint density at radius 2 is 0.838 bits per heavy atom. The van der Waals surface area contributed by atoms with E-state index in [-0.39, 0.29) is 0 Å². The van der Waals surface area contributed by atoms with Crippen molar-refractivity contribution in [2.75, 3.05) is 28.4 Å². The lowest BCUT2D eigenvalue weighted by molar-refractivity contribution is -0.133. The molecule has 0 aromatic heterocycles. The zero-order chi connectivity index (χ0) is 27.8. The van der Waals surface area contributed by atoms with E-state index in [2.05, 4.69) is 0 Å². The van der Waals surface area contributed by atoms with Crippen LogP contribution in [0.3, 0.4) is 0 Å². The topological polar surface area (TPSA) is 55.4 Å². The third kappa shape index (κ3) is 8.72. The summed E-state index contributed by atoms with van der Waals surface area (Å²) in [5.74, 6) is 0. The molecule has 0 saturated heterocycles. The monoisotopic (exact) mass is 588 g/mol. The van der Waals surface area contributed by atoms with Crippen LogP contribution in [0.15, 0.2) is 60.7 Å². The second kappa shape index (κ2) is 13.0. The van der Waals surface area contributed by atoms with E-state index in [1.54, 1.807) is 60.7 Å². The van der Waals surface area contributed by atoms with E-state index in [1.807, 2.05) is 0 Å². The standard InChI is InChI=1S/C22H30F6O6Si3/c1-29-35(30-2,17-15-21(23,24)25)33-37(19-11-7-5-8-12-19,20-13-9-6-10-14-20)34-36(31-3,32-4)18-16-22(26,27)28/h5-14H,15-18H2,1-4H3. The van der Waals surface area contributed by atoms with E-state index in [0.717, 1.165) is 0 Å². The van der Waals surface area contributed by atoms with E-state index in [9.17, 15) is 26.3 Å². The number of benzene rings is 2. The van der Waals surface area contributed by atoms with Gasteiger partial charge in [-0.3, -0.25) is 0 Å². The number of halogens is 6. The summed E-state index contributed by atoms with van der Waals surface area (Å²) in [5.41, 5.74) is 0. The van der Waals surface area contributed by atoms with Gasteiger partial charge in [-0.15, -0.1) is 0 Å². The number of hydrogen-bond donors (Lipinski definition) is 0. The molecular weight excluding hydrogens is 558 g/mol. The molecule has 0 N–H and O–H groups in total. The van der Waals surface area contributed by atoms with Gasteiger partial charge in [-0.2, -0.15) is 26.3 Å². The minimum Gasteiger partial charge on any atom is -0.387 e. The molecule has 2 rings (SSSR count). The van der Waals surface area contributed by atoms with Gasteiger partial charge in [-0.05, 0) is 10.4 Å². The summed E-state index contributed by atoms with van der Waals surface area (Å²) in [6.07, 6.45) is -11.6. The molecule has 0 amide bonds. The largest absolute Gasteiger partial charge is 0.492 e. The molecule has 2 aromatic rings. The average Bonchev–Trinajstić information content (AvgIpc) is 2.88. The molecule has 0 spiro atoms. The lowest BCUT2D eigenvalue weighted by Crippen LogP contribution is -2.73. The van der Waals surface area contributed by atoms with Crippen LogP contribution in [-0.4, -0.2) is 67.0 Å². The van der Waals surface area contributed by atoms with Crippen LogP contribution in [0.1, 0.15) is 12.8 Å². The number of rotatable bonds is 14. The van der Waals surface area contributed by atoms with Gasteiger partial charge in [0, 0.05) is 53.4 Å². The van der Waals surface area contributed by atoms with Crippen molar-refractivity contribution in [2.24, 2.45) is 0 Å². The number of hydrogen-bond acceptors (Lipinski definition) is 6. The molecule has 0 fully saturated rings. The van der Waals surface area contributed by atoms with Gasteiger partial charge in [0.15, 0.2) is 0 Å². The van der Waals surface area contributed by atoms with Gasteiger partial charge < -0.3 is 25.9 Å². The molecule has 6 nitrogen and oxygen atoms in total. The lowest BCUT2D eigenvalue weighted by atomic mass is 10.4. The molecule has 0 unspecified atom stereocenters. The van der Waals surface area contributed by atoms with Gasteiger partial charge in [0.05, 0.1) is 0 Å². The summed E-state index contributed by atoms with van der Waals surface area (Å²) in [6, 6.07) is 15.3. The van der Waals surface area contributed by atoms with Crippen molar-refractivity contribution in [2.45, 2.75) is 37.3 Å². The highest BCUT2D eigenvalue weighted by Gasteiger charge is 2.59. The summed E-state index contributed by atoms with van der Waals surface area (Å²) in [5, 5.41) is 0.800. The zero-order valence-corrected chi connectivity index (χ0v) is 23.8. The molecule has 0 heterocycles. The summed E-state index contributed by atoms with van der Waals surface area (Å²) in [7, 11) is -7.80. The van der Waals surface area contributed by atoms with Gasteiger partial charge in [-0.1, -0.05) is 60.7 Å². The van der Waals surface area contributed by atoms with Crippen LogP contribution in [0.4, 0.5) is 26.3 Å². The highest BCUT2D eigenvalue weighted by Crippen LogP contribution is 2.33. The van der Waals surface area contributed by atoms with Crippen molar-refractivity contribution in [3.05, 3.63) is 60.7 Å². The molecule has 0 radical (unpaired) electrons. The first-order valence-corrected chi connectivity index (χ1v) is 16.8. The molecule has 0 saturated carbocycles. The van der Waals surface area contributed by atoms with E-state index in [0.29, 0.717) is 10.4 Å². The van der Waals surface area contributed by atoms with Crippen LogP contribution in [-0.2, 0) is 25.9 Å². The van der Waals surface area contributed by atoms with Crippen LogP contribution in [0.25, 0.3) is 0 Å². The SMILES string of the molecule is CO[Si](CCC(F)(F)F)(OC)O[Si](O[Si](CCC(F)(F)F)(OC)OC)(c1ccccc1)c1ccccc1. The van der Waals surface area contributed by atoms with Crippen LogP contribution in [0.2, 0.25) is 12.1 Å². The molecule has 0 aliphatic heterocycles. The Labute approximate surface area is 215 Å². The second-order valence-electron chi connectivity index (χ2n) is 7.97. The molecule has 0 aliphatic rings. The third-order valence-corrected chi connectivity index (χ3v) is 16.8. The first-order chi connectivity index (χ1) is 17.3. The zero-order valence-electron chi connectivity index (χ0n) is 20.8. The summed E-state index contributed by atoms with van der Waals surface area (Å²) in [4.78, 5) is 0. The predicted molar refractivity (Wildman–Crippen MR) is 131 cm³/mol. The van der Waals surface area contributed by atoms with Gasteiger partial charge in [0.25, 0.3) is 0 Å². The fourth-order valence-corrected chi connectivity index (χ4v) is 15.6. The maximum atomic E-state index is 13.2. The molecule has 0 atom stereocenters. The molecule has 15 heteroatoms. The van der Waals surface area contributed by atoms with Crippen molar-refractivity contribution in [1.29, 1.82) is 0 Å². The van der Waals surface area contributed by atoms with E-state index < -0.39 is 63.5 Å². The highest BCUT2D eigenvalue weighted by molar-refractivity contribution is 7.00. The van der Waals surface area contributed by atoms with Crippen LogP contribution in [0.5, 0.6) is 0 Å². The maximum Gasteiger partial charge on any atom is 0.492 e. The Balaban J connectivity index is 2.77. The van der Waals surface area contributed by atoms with Crippen molar-refractivity contribution >= 4 is 36.5 Å². The Kier molecular flexibility index (Phi) is 11.1. The fraction of sp³-hybridized carbons (Fsp3) is 0.455. The molecule has 0 bridgehead atoms. The maximum absolute atomic E-state index is 13.2. The van der Waals surface area contributed by atoms with E-state index >= 15 is 0 Å². The first-order valence-electron chi connectivity index (χ1n) is 11.1. The van der Waals surface area contributed by atoms with Crippen molar-refractivity contribution in [1.82, 2.24) is 0 Å². The van der Waals surface area contributed by atoms with E-state index in [4.69, 9.17) is 25.9 Å². The summed E-state index contributed by atoms with van der Waals surface area (Å²) >= 11 is 0. The smallest absolute Gasteiger partial charge is 0.387 e. The van der Waals surface area contributed by atoms with Crippen LogP contribution < -0.4 is 10.4 Å². The molecule has 208 valence electrons. The summed E-state index contributed by atoms with van der Waals surface area (Å²) < 4.78 is 114. The lowest BCUT2D eigenvalue weighted by Gasteiger charge is -2.43. The summed E-state index contributed by atoms with van der Waals surface area (Å²) in [6.45, 7) is 0. The van der Waals surface area contributed by atoms with E-state index in [1.165, 1.54) is 28.4 Å². The Hall–Kier alpha value is -1.57. The van der Waals surface area contributed by atoms with Crippen LogP contribution >= 0.6 is 0 Å². The predicted octanol–water partition coefficient (Wildman–Crippen LogP) is 4.64.